The number of nitriles is 1. The van der Waals surface area contributed by atoms with Crippen LogP contribution in [0.2, 0.25) is 0 Å². The molecular weight excluding hydrogens is 348 g/mol. The Labute approximate surface area is 164 Å². The van der Waals surface area contributed by atoms with Crippen LogP contribution in [0.3, 0.4) is 0 Å². The second-order valence-corrected chi connectivity index (χ2v) is 6.90. The molecule has 6 nitrogen and oxygen atoms in total. The Bertz CT molecular complexity index is 983. The summed E-state index contributed by atoms with van der Waals surface area (Å²) in [6, 6.07) is 19.7. The van der Waals surface area contributed by atoms with E-state index in [0.717, 1.165) is 30.2 Å². The Balaban J connectivity index is 1.47. The fourth-order valence-corrected chi connectivity index (χ4v) is 3.32. The van der Waals surface area contributed by atoms with Gasteiger partial charge in [0.2, 0.25) is 5.95 Å². The number of nitrogens with zero attached hydrogens (tertiary/aromatic N) is 4. The molecule has 0 amide bonds. The van der Waals surface area contributed by atoms with Gasteiger partial charge < -0.3 is 15.5 Å². The molecule has 2 aromatic carbocycles. The summed E-state index contributed by atoms with van der Waals surface area (Å²) in [7, 11) is 0. The van der Waals surface area contributed by atoms with Crippen LogP contribution in [0, 0.1) is 18.3 Å². The van der Waals surface area contributed by atoms with Crippen LogP contribution in [-0.2, 0) is 0 Å². The molecule has 1 aliphatic rings. The summed E-state index contributed by atoms with van der Waals surface area (Å²) in [4.78, 5) is 11.4. The molecule has 4 rings (SSSR count). The molecule has 0 bridgehead atoms. The van der Waals surface area contributed by atoms with E-state index < -0.39 is 0 Å². The van der Waals surface area contributed by atoms with Crippen LogP contribution in [0.15, 0.2) is 54.6 Å². The molecule has 0 radical (unpaired) electrons. The summed E-state index contributed by atoms with van der Waals surface area (Å²) < 4.78 is 0. The predicted molar refractivity (Wildman–Crippen MR) is 112 cm³/mol. The van der Waals surface area contributed by atoms with Crippen LogP contribution < -0.4 is 15.5 Å². The lowest BCUT2D eigenvalue weighted by atomic mass is 10.2. The van der Waals surface area contributed by atoms with Crippen molar-refractivity contribution < 1.29 is 0 Å². The first-order chi connectivity index (χ1) is 13.7. The lowest BCUT2D eigenvalue weighted by Gasteiger charge is -2.18. The molecule has 28 heavy (non-hydrogen) atoms. The molecule has 3 aromatic rings. The van der Waals surface area contributed by atoms with Gasteiger partial charge in [-0.25, -0.2) is 4.98 Å². The Morgan fingerprint density at radius 1 is 0.893 bits per heavy atom. The lowest BCUT2D eigenvalue weighted by molar-refractivity contribution is 0.949. The van der Waals surface area contributed by atoms with E-state index >= 15 is 0 Å². The van der Waals surface area contributed by atoms with Crippen molar-refractivity contribution in [1.82, 2.24) is 9.97 Å². The Morgan fingerprint density at radius 2 is 1.54 bits per heavy atom. The lowest BCUT2D eigenvalue weighted by Crippen LogP contribution is -2.17. The summed E-state index contributed by atoms with van der Waals surface area (Å²) >= 11 is 0. The maximum absolute atomic E-state index is 8.91. The van der Waals surface area contributed by atoms with E-state index in [0.29, 0.717) is 17.3 Å². The summed E-state index contributed by atoms with van der Waals surface area (Å²) in [5.41, 5.74) is 4.58. The summed E-state index contributed by atoms with van der Waals surface area (Å²) in [5.74, 6) is 1.25. The van der Waals surface area contributed by atoms with Crippen molar-refractivity contribution >= 4 is 28.8 Å². The smallest absolute Gasteiger partial charge is 0.229 e. The standard InChI is InChI=1S/C22H22N6/c1-16-14-21(25-18-6-4-17(15-23)5-7-18)27-22(24-16)26-19-8-10-20(11-9-19)28-12-2-3-13-28/h4-11,14H,2-3,12-13H2,1H3,(H2,24,25,26,27). The minimum atomic E-state index is 0.546. The maximum Gasteiger partial charge on any atom is 0.229 e. The highest BCUT2D eigenvalue weighted by atomic mass is 15.2. The predicted octanol–water partition coefficient (Wildman–Crippen LogP) is 4.74. The number of hydrogen-bond acceptors (Lipinski definition) is 6. The minimum absolute atomic E-state index is 0.546. The van der Waals surface area contributed by atoms with E-state index in [1.165, 1.54) is 18.5 Å². The molecular formula is C22H22N6. The molecule has 0 saturated carbocycles. The van der Waals surface area contributed by atoms with Gasteiger partial charge in [0.25, 0.3) is 0 Å². The van der Waals surface area contributed by atoms with Crippen LogP contribution >= 0.6 is 0 Å². The number of nitrogens with one attached hydrogen (secondary N) is 2. The van der Waals surface area contributed by atoms with Gasteiger partial charge in [-0.05, 0) is 68.3 Å². The number of benzene rings is 2. The average Bonchev–Trinajstić information content (AvgIpc) is 3.23. The molecule has 0 atom stereocenters. The van der Waals surface area contributed by atoms with Crippen LogP contribution in [0.4, 0.5) is 28.8 Å². The third-order valence-electron chi connectivity index (χ3n) is 4.74. The summed E-state index contributed by atoms with van der Waals surface area (Å²) in [5, 5.41) is 15.5. The highest BCUT2D eigenvalue weighted by Crippen LogP contribution is 2.24. The van der Waals surface area contributed by atoms with E-state index in [9.17, 15) is 0 Å². The number of hydrogen-bond donors (Lipinski definition) is 2. The van der Waals surface area contributed by atoms with Crippen molar-refractivity contribution in [2.45, 2.75) is 19.8 Å². The van der Waals surface area contributed by atoms with Crippen molar-refractivity contribution in [1.29, 1.82) is 5.26 Å². The zero-order valence-electron chi connectivity index (χ0n) is 15.8. The second kappa shape index (κ2) is 7.97. The first-order valence-electron chi connectivity index (χ1n) is 9.44. The van der Waals surface area contributed by atoms with Crippen LogP contribution in [0.25, 0.3) is 0 Å². The molecule has 1 fully saturated rings. The zero-order valence-corrected chi connectivity index (χ0v) is 15.8. The van der Waals surface area contributed by atoms with Gasteiger partial charge in [-0.1, -0.05) is 0 Å². The highest BCUT2D eigenvalue weighted by molar-refractivity contribution is 5.62. The SMILES string of the molecule is Cc1cc(Nc2ccc(C#N)cc2)nc(Nc2ccc(N3CCCC3)cc2)n1. The van der Waals surface area contributed by atoms with Gasteiger partial charge in [-0.3, -0.25) is 0 Å². The van der Waals surface area contributed by atoms with Crippen molar-refractivity contribution in [3.63, 3.8) is 0 Å². The van der Waals surface area contributed by atoms with Gasteiger partial charge in [0.05, 0.1) is 11.6 Å². The topological polar surface area (TPSA) is 76.9 Å². The minimum Gasteiger partial charge on any atom is -0.372 e. The molecule has 2 heterocycles. The normalized spacial score (nSPS) is 13.2. The number of aryl methyl sites for hydroxylation is 1. The van der Waals surface area contributed by atoms with Crippen molar-refractivity contribution in [2.24, 2.45) is 0 Å². The van der Waals surface area contributed by atoms with Crippen molar-refractivity contribution in [2.75, 3.05) is 28.6 Å². The van der Waals surface area contributed by atoms with Crippen molar-refractivity contribution in [3.05, 3.63) is 65.9 Å². The molecule has 0 aliphatic carbocycles. The van der Waals surface area contributed by atoms with E-state index in [1.54, 1.807) is 12.1 Å². The van der Waals surface area contributed by atoms with Gasteiger partial charge in [0.1, 0.15) is 5.82 Å². The summed E-state index contributed by atoms with van der Waals surface area (Å²) in [6.07, 6.45) is 2.54. The Hall–Kier alpha value is -3.59. The monoisotopic (exact) mass is 370 g/mol. The van der Waals surface area contributed by atoms with Gasteiger partial charge >= 0.3 is 0 Å². The molecule has 0 unspecified atom stereocenters. The van der Waals surface area contributed by atoms with Gasteiger partial charge in [0.15, 0.2) is 0 Å². The van der Waals surface area contributed by atoms with Crippen molar-refractivity contribution in [3.8, 4) is 6.07 Å². The zero-order chi connectivity index (χ0) is 19.3. The number of rotatable bonds is 5. The van der Waals surface area contributed by atoms with Gasteiger partial charge in [0, 0.05) is 41.9 Å². The molecule has 140 valence electrons. The first-order valence-corrected chi connectivity index (χ1v) is 9.44. The quantitative estimate of drug-likeness (QED) is 0.675. The molecule has 0 spiro atoms. The molecule has 6 heteroatoms. The first kappa shape index (κ1) is 17.8. The number of aromatic nitrogens is 2. The van der Waals surface area contributed by atoms with Gasteiger partial charge in [-0.2, -0.15) is 10.2 Å². The number of anilines is 5. The Morgan fingerprint density at radius 3 is 2.21 bits per heavy atom. The molecule has 1 saturated heterocycles. The van der Waals surface area contributed by atoms with E-state index in [-0.39, 0.29) is 0 Å². The van der Waals surface area contributed by atoms with Crippen LogP contribution in [0.5, 0.6) is 0 Å². The van der Waals surface area contributed by atoms with E-state index in [1.807, 2.05) is 25.1 Å². The summed E-state index contributed by atoms with van der Waals surface area (Å²) in [6.45, 7) is 4.21. The fraction of sp³-hybridized carbons (Fsp3) is 0.227. The molecule has 1 aliphatic heterocycles. The molecule has 1 aromatic heterocycles. The second-order valence-electron chi connectivity index (χ2n) is 6.90. The third kappa shape index (κ3) is 4.21. The third-order valence-corrected chi connectivity index (χ3v) is 4.74. The van der Waals surface area contributed by atoms with E-state index in [2.05, 4.69) is 55.8 Å². The van der Waals surface area contributed by atoms with Gasteiger partial charge in [-0.15, -0.1) is 0 Å². The van der Waals surface area contributed by atoms with Crippen LogP contribution in [-0.4, -0.2) is 23.1 Å². The van der Waals surface area contributed by atoms with E-state index in [4.69, 9.17) is 5.26 Å². The largest absolute Gasteiger partial charge is 0.372 e. The fourth-order valence-electron chi connectivity index (χ4n) is 3.32. The molecule has 2 N–H and O–H groups in total. The maximum atomic E-state index is 8.91. The van der Waals surface area contributed by atoms with Crippen LogP contribution in [0.1, 0.15) is 24.1 Å². The Kier molecular flexibility index (Phi) is 5.07. The average molecular weight is 370 g/mol. The highest BCUT2D eigenvalue weighted by Gasteiger charge is 2.12.